The van der Waals surface area contributed by atoms with Crippen LogP contribution in [0.2, 0.25) is 0 Å². The Hall–Kier alpha value is -1.36. The van der Waals surface area contributed by atoms with Crippen molar-refractivity contribution in [2.45, 2.75) is 38.3 Å². The molecule has 1 heterocycles. The third kappa shape index (κ3) is 2.82. The molecule has 1 aliphatic rings. The minimum absolute atomic E-state index is 0.343. The lowest BCUT2D eigenvalue weighted by Crippen LogP contribution is -2.44. The number of nitrogens with two attached hydrogens (primary N) is 1. The third-order valence-electron chi connectivity index (χ3n) is 2.62. The van der Waals surface area contributed by atoms with E-state index in [1.807, 2.05) is 6.07 Å². The fourth-order valence-electron chi connectivity index (χ4n) is 1.69. The maximum atomic E-state index is 5.72. The quantitative estimate of drug-likeness (QED) is 0.782. The second kappa shape index (κ2) is 5.12. The Morgan fingerprint density at radius 1 is 1.50 bits per heavy atom. The maximum absolute atomic E-state index is 5.72. The molecule has 5 nitrogen and oxygen atoms in total. The highest BCUT2D eigenvalue weighted by Gasteiger charge is 2.25. The van der Waals surface area contributed by atoms with Gasteiger partial charge in [0.2, 0.25) is 5.88 Å². The molecule has 0 amide bonds. The van der Waals surface area contributed by atoms with Gasteiger partial charge in [-0.15, -0.1) is 0 Å². The van der Waals surface area contributed by atoms with Gasteiger partial charge < -0.3 is 15.8 Å². The van der Waals surface area contributed by atoms with E-state index < -0.39 is 0 Å². The first kappa shape index (κ1) is 11.1. The average molecular weight is 222 g/mol. The van der Waals surface area contributed by atoms with Crippen LogP contribution in [0.15, 0.2) is 12.4 Å². The molecule has 1 fully saturated rings. The molecule has 0 aromatic carbocycles. The van der Waals surface area contributed by atoms with E-state index in [1.165, 1.54) is 6.33 Å². The Kier molecular flexibility index (Phi) is 3.56. The van der Waals surface area contributed by atoms with Crippen molar-refractivity contribution in [1.82, 2.24) is 9.97 Å². The van der Waals surface area contributed by atoms with Gasteiger partial charge in [0.05, 0.1) is 6.61 Å². The van der Waals surface area contributed by atoms with Gasteiger partial charge >= 0.3 is 0 Å². The van der Waals surface area contributed by atoms with Crippen molar-refractivity contribution < 1.29 is 4.74 Å². The van der Waals surface area contributed by atoms with Crippen molar-refractivity contribution in [2.24, 2.45) is 5.73 Å². The van der Waals surface area contributed by atoms with Gasteiger partial charge in [0.1, 0.15) is 12.1 Å². The Morgan fingerprint density at radius 2 is 2.31 bits per heavy atom. The number of ether oxygens (including phenoxy) is 1. The summed E-state index contributed by atoms with van der Waals surface area (Å²) in [6.45, 7) is 2.75. The van der Waals surface area contributed by atoms with Gasteiger partial charge in [-0.25, -0.2) is 9.97 Å². The van der Waals surface area contributed by atoms with Gasteiger partial charge in [-0.3, -0.25) is 0 Å². The van der Waals surface area contributed by atoms with Crippen molar-refractivity contribution in [3.05, 3.63) is 12.4 Å². The summed E-state index contributed by atoms with van der Waals surface area (Å²) < 4.78 is 5.43. The Balaban J connectivity index is 1.88. The number of anilines is 1. The Labute approximate surface area is 95.4 Å². The smallest absolute Gasteiger partial charge is 0.218 e. The molecule has 1 aromatic heterocycles. The van der Waals surface area contributed by atoms with E-state index in [4.69, 9.17) is 10.5 Å². The molecule has 5 heteroatoms. The standard InChI is InChI=1S/C11H18N4O/c1-2-3-16-11-6-10(13-7-14-11)15-9-4-8(12)5-9/h6-9H,2-5,12H2,1H3,(H,13,14,15). The monoisotopic (exact) mass is 222 g/mol. The Bertz CT molecular complexity index is 339. The molecule has 1 saturated carbocycles. The molecule has 0 spiro atoms. The van der Waals surface area contributed by atoms with Crippen LogP contribution in [-0.4, -0.2) is 28.7 Å². The topological polar surface area (TPSA) is 73.1 Å². The molecule has 0 atom stereocenters. The zero-order valence-corrected chi connectivity index (χ0v) is 9.52. The van der Waals surface area contributed by atoms with Crippen LogP contribution in [0.25, 0.3) is 0 Å². The number of nitrogens with one attached hydrogen (secondary N) is 1. The summed E-state index contributed by atoms with van der Waals surface area (Å²) in [5, 5.41) is 3.31. The molecule has 88 valence electrons. The number of hydrogen-bond acceptors (Lipinski definition) is 5. The van der Waals surface area contributed by atoms with Crippen LogP contribution in [0.3, 0.4) is 0 Å². The molecule has 0 bridgehead atoms. The minimum atomic E-state index is 0.343. The first-order valence-corrected chi connectivity index (χ1v) is 5.75. The van der Waals surface area contributed by atoms with Crippen molar-refractivity contribution in [2.75, 3.05) is 11.9 Å². The van der Waals surface area contributed by atoms with Crippen LogP contribution < -0.4 is 15.8 Å². The summed E-state index contributed by atoms with van der Waals surface area (Å²) in [4.78, 5) is 8.20. The summed E-state index contributed by atoms with van der Waals surface area (Å²) in [5.41, 5.74) is 5.72. The van der Waals surface area contributed by atoms with E-state index in [1.54, 1.807) is 0 Å². The van der Waals surface area contributed by atoms with Crippen molar-refractivity contribution >= 4 is 5.82 Å². The van der Waals surface area contributed by atoms with Crippen LogP contribution in [0, 0.1) is 0 Å². The van der Waals surface area contributed by atoms with Crippen LogP contribution in [-0.2, 0) is 0 Å². The van der Waals surface area contributed by atoms with E-state index in [0.29, 0.717) is 24.6 Å². The van der Waals surface area contributed by atoms with E-state index in [0.717, 1.165) is 25.1 Å². The first-order chi connectivity index (χ1) is 7.78. The molecular weight excluding hydrogens is 204 g/mol. The van der Waals surface area contributed by atoms with E-state index in [-0.39, 0.29) is 0 Å². The zero-order chi connectivity index (χ0) is 11.4. The predicted molar refractivity (Wildman–Crippen MR) is 62.4 cm³/mol. The normalized spacial score (nSPS) is 23.6. The molecule has 1 aliphatic carbocycles. The highest BCUT2D eigenvalue weighted by Crippen LogP contribution is 2.22. The Morgan fingerprint density at radius 3 is 3.00 bits per heavy atom. The fraction of sp³-hybridized carbons (Fsp3) is 0.636. The number of aromatic nitrogens is 2. The molecule has 1 aromatic rings. The zero-order valence-electron chi connectivity index (χ0n) is 9.52. The second-order valence-corrected chi connectivity index (χ2v) is 4.16. The average Bonchev–Trinajstić information content (AvgIpc) is 2.25. The molecule has 0 aliphatic heterocycles. The molecule has 0 saturated heterocycles. The molecule has 2 rings (SSSR count). The van der Waals surface area contributed by atoms with Gasteiger partial charge in [0.25, 0.3) is 0 Å². The van der Waals surface area contributed by atoms with Gasteiger partial charge in [0, 0.05) is 18.2 Å². The van der Waals surface area contributed by atoms with Crippen molar-refractivity contribution in [3.63, 3.8) is 0 Å². The van der Waals surface area contributed by atoms with Gasteiger partial charge in [-0.05, 0) is 19.3 Å². The lowest BCUT2D eigenvalue weighted by atomic mass is 9.88. The summed E-state index contributed by atoms with van der Waals surface area (Å²) in [7, 11) is 0. The molecular formula is C11H18N4O. The largest absolute Gasteiger partial charge is 0.478 e. The summed E-state index contributed by atoms with van der Waals surface area (Å²) in [5.74, 6) is 1.45. The van der Waals surface area contributed by atoms with Crippen molar-refractivity contribution in [1.29, 1.82) is 0 Å². The number of hydrogen-bond donors (Lipinski definition) is 2. The molecule has 3 N–H and O–H groups in total. The van der Waals surface area contributed by atoms with Crippen molar-refractivity contribution in [3.8, 4) is 5.88 Å². The van der Waals surface area contributed by atoms with E-state index >= 15 is 0 Å². The fourth-order valence-corrected chi connectivity index (χ4v) is 1.69. The lowest BCUT2D eigenvalue weighted by Gasteiger charge is -2.33. The second-order valence-electron chi connectivity index (χ2n) is 4.16. The first-order valence-electron chi connectivity index (χ1n) is 5.75. The van der Waals surface area contributed by atoms with Gasteiger partial charge in [-0.1, -0.05) is 6.92 Å². The van der Waals surface area contributed by atoms with Crippen LogP contribution in [0.1, 0.15) is 26.2 Å². The summed E-state index contributed by atoms with van der Waals surface area (Å²) >= 11 is 0. The van der Waals surface area contributed by atoms with E-state index in [2.05, 4.69) is 22.2 Å². The predicted octanol–water partition coefficient (Wildman–Crippen LogP) is 1.17. The maximum Gasteiger partial charge on any atom is 0.218 e. The highest BCUT2D eigenvalue weighted by molar-refractivity contribution is 5.38. The molecule has 16 heavy (non-hydrogen) atoms. The SMILES string of the molecule is CCCOc1cc(NC2CC(N)C2)ncn1. The van der Waals surface area contributed by atoms with E-state index in [9.17, 15) is 0 Å². The molecule has 0 unspecified atom stereocenters. The van der Waals surface area contributed by atoms with Gasteiger partial charge in [-0.2, -0.15) is 0 Å². The highest BCUT2D eigenvalue weighted by atomic mass is 16.5. The van der Waals surface area contributed by atoms with Crippen LogP contribution in [0.4, 0.5) is 5.82 Å². The van der Waals surface area contributed by atoms with Crippen LogP contribution >= 0.6 is 0 Å². The number of rotatable bonds is 5. The number of nitrogens with zero attached hydrogens (tertiary/aromatic N) is 2. The summed E-state index contributed by atoms with van der Waals surface area (Å²) in [6.07, 6.45) is 4.51. The lowest BCUT2D eigenvalue weighted by molar-refractivity contribution is 0.304. The summed E-state index contributed by atoms with van der Waals surface area (Å²) in [6, 6.07) is 2.62. The van der Waals surface area contributed by atoms with Gasteiger partial charge in [0.15, 0.2) is 0 Å². The minimum Gasteiger partial charge on any atom is -0.478 e. The van der Waals surface area contributed by atoms with Crippen LogP contribution in [0.5, 0.6) is 5.88 Å². The molecule has 0 radical (unpaired) electrons. The third-order valence-corrected chi connectivity index (χ3v) is 2.62.